The number of amides is 2. The molecule has 158 valence electrons. The second-order valence-corrected chi connectivity index (χ2v) is 7.63. The lowest BCUT2D eigenvalue weighted by Gasteiger charge is -2.17. The average Bonchev–Trinajstić information content (AvgIpc) is 3.25. The van der Waals surface area contributed by atoms with Crippen LogP contribution in [0.25, 0.3) is 11.0 Å². The topological polar surface area (TPSA) is 84.3 Å². The molecule has 2 heterocycles. The second kappa shape index (κ2) is 8.11. The number of anilines is 2. The van der Waals surface area contributed by atoms with Crippen molar-refractivity contribution in [3.63, 3.8) is 0 Å². The highest BCUT2D eigenvalue weighted by molar-refractivity contribution is 6.07. The second-order valence-electron chi connectivity index (χ2n) is 7.63. The van der Waals surface area contributed by atoms with E-state index in [0.717, 1.165) is 12.1 Å². The number of carbonyl (C=O) groups is 2. The van der Waals surface area contributed by atoms with E-state index in [1.54, 1.807) is 47.4 Å². The third-order valence-electron chi connectivity index (χ3n) is 5.60. The van der Waals surface area contributed by atoms with Crippen molar-refractivity contribution in [3.8, 4) is 0 Å². The summed E-state index contributed by atoms with van der Waals surface area (Å²) in [5.74, 6) is -0.404. The fourth-order valence-electron chi connectivity index (χ4n) is 4.02. The van der Waals surface area contributed by atoms with E-state index in [1.807, 2.05) is 30.3 Å². The summed E-state index contributed by atoms with van der Waals surface area (Å²) < 4.78 is 1.39. The summed E-state index contributed by atoms with van der Waals surface area (Å²) in [7, 11) is 0. The molecule has 1 aromatic heterocycles. The van der Waals surface area contributed by atoms with Crippen LogP contribution in [0.3, 0.4) is 0 Å². The summed E-state index contributed by atoms with van der Waals surface area (Å²) in [5, 5.41) is 2.79. The highest BCUT2D eigenvalue weighted by Gasteiger charge is 2.25. The van der Waals surface area contributed by atoms with E-state index < -0.39 is 0 Å². The molecule has 7 nitrogen and oxygen atoms in total. The number of aromatic nitrogens is 2. The maximum absolute atomic E-state index is 12.9. The quantitative estimate of drug-likeness (QED) is 0.545. The summed E-state index contributed by atoms with van der Waals surface area (Å²) in [5.41, 5.74) is 4.13. The number of hydrogen-bond acceptors (Lipinski definition) is 4. The highest BCUT2D eigenvalue weighted by Crippen LogP contribution is 2.29. The molecule has 1 aliphatic heterocycles. The summed E-state index contributed by atoms with van der Waals surface area (Å²) in [6, 6.07) is 21.9. The molecule has 7 heteroatoms. The standard InChI is InChI=1S/C25H20N4O3/c30-23(16-29-22-8-4-2-6-20(22)26-15-24(29)31)27-19-11-9-18(10-12-19)25(32)28-14-13-17-5-1-3-7-21(17)28/h1-12,15H,13-14,16H2,(H,27,30). The molecule has 0 spiro atoms. The van der Waals surface area contributed by atoms with Crippen molar-refractivity contribution in [3.05, 3.63) is 100 Å². The van der Waals surface area contributed by atoms with E-state index in [-0.39, 0.29) is 23.9 Å². The third-order valence-corrected chi connectivity index (χ3v) is 5.60. The Kier molecular flexibility index (Phi) is 4.99. The van der Waals surface area contributed by atoms with Crippen molar-refractivity contribution in [2.24, 2.45) is 0 Å². The Hall–Kier alpha value is -4.26. The van der Waals surface area contributed by atoms with E-state index >= 15 is 0 Å². The first-order valence-corrected chi connectivity index (χ1v) is 10.3. The zero-order chi connectivity index (χ0) is 22.1. The lowest BCUT2D eigenvalue weighted by Crippen LogP contribution is -2.29. The number of rotatable bonds is 4. The number of carbonyl (C=O) groups excluding carboxylic acids is 2. The normalized spacial score (nSPS) is 12.6. The van der Waals surface area contributed by atoms with Gasteiger partial charge in [0.05, 0.1) is 17.2 Å². The third kappa shape index (κ3) is 3.65. The molecule has 0 radical (unpaired) electrons. The van der Waals surface area contributed by atoms with Gasteiger partial charge in [0.2, 0.25) is 5.91 Å². The van der Waals surface area contributed by atoms with Crippen LogP contribution in [-0.4, -0.2) is 27.9 Å². The zero-order valence-electron chi connectivity index (χ0n) is 17.2. The van der Waals surface area contributed by atoms with Crippen molar-refractivity contribution in [2.45, 2.75) is 13.0 Å². The maximum atomic E-state index is 12.9. The fraction of sp³-hybridized carbons (Fsp3) is 0.120. The van der Waals surface area contributed by atoms with Gasteiger partial charge in [-0.05, 0) is 54.4 Å². The summed E-state index contributed by atoms with van der Waals surface area (Å²) >= 11 is 0. The van der Waals surface area contributed by atoms with Gasteiger partial charge in [-0.15, -0.1) is 0 Å². The van der Waals surface area contributed by atoms with Gasteiger partial charge in [0, 0.05) is 23.5 Å². The molecule has 0 fully saturated rings. The molecule has 0 bridgehead atoms. The summed E-state index contributed by atoms with van der Waals surface area (Å²) in [6.07, 6.45) is 2.06. The Morgan fingerprint density at radius 3 is 2.53 bits per heavy atom. The van der Waals surface area contributed by atoms with Gasteiger partial charge in [-0.3, -0.25) is 19.0 Å². The Balaban J connectivity index is 1.30. The Labute approximate surface area is 183 Å². The maximum Gasteiger partial charge on any atom is 0.269 e. The largest absolute Gasteiger partial charge is 0.325 e. The predicted octanol–water partition coefficient (Wildman–Crippen LogP) is 3.24. The van der Waals surface area contributed by atoms with E-state index in [4.69, 9.17) is 0 Å². The van der Waals surface area contributed by atoms with Crippen molar-refractivity contribution in [1.29, 1.82) is 0 Å². The first kappa shape index (κ1) is 19.7. The first-order chi connectivity index (χ1) is 15.6. The van der Waals surface area contributed by atoms with E-state index in [1.165, 1.54) is 16.3 Å². The van der Waals surface area contributed by atoms with Crippen LogP contribution in [0.1, 0.15) is 15.9 Å². The van der Waals surface area contributed by atoms with Gasteiger partial charge >= 0.3 is 0 Å². The minimum Gasteiger partial charge on any atom is -0.325 e. The fourth-order valence-corrected chi connectivity index (χ4v) is 4.02. The van der Waals surface area contributed by atoms with E-state index in [2.05, 4.69) is 10.3 Å². The molecular formula is C25H20N4O3. The van der Waals surface area contributed by atoms with Crippen LogP contribution in [0.5, 0.6) is 0 Å². The van der Waals surface area contributed by atoms with E-state index in [0.29, 0.717) is 28.8 Å². The number of para-hydroxylation sites is 3. The van der Waals surface area contributed by atoms with Gasteiger partial charge in [-0.2, -0.15) is 0 Å². The molecule has 5 rings (SSSR count). The predicted molar refractivity (Wildman–Crippen MR) is 123 cm³/mol. The zero-order valence-corrected chi connectivity index (χ0v) is 17.2. The van der Waals surface area contributed by atoms with Crippen molar-refractivity contribution in [2.75, 3.05) is 16.8 Å². The van der Waals surface area contributed by atoms with Crippen LogP contribution in [0.2, 0.25) is 0 Å². The van der Waals surface area contributed by atoms with Gasteiger partial charge in [-0.25, -0.2) is 4.98 Å². The molecule has 0 saturated heterocycles. The minimum absolute atomic E-state index is 0.0670. The molecule has 1 aliphatic rings. The summed E-state index contributed by atoms with van der Waals surface area (Å²) in [4.78, 5) is 43.6. The van der Waals surface area contributed by atoms with Crippen LogP contribution in [0.15, 0.2) is 83.8 Å². The van der Waals surface area contributed by atoms with Gasteiger partial charge < -0.3 is 10.2 Å². The highest BCUT2D eigenvalue weighted by atomic mass is 16.2. The molecule has 0 saturated carbocycles. The van der Waals surface area contributed by atoms with Gasteiger partial charge in [0.1, 0.15) is 6.54 Å². The molecule has 3 aromatic carbocycles. The SMILES string of the molecule is O=C(Cn1c(=O)cnc2ccccc21)Nc1ccc(C(=O)N2CCc3ccccc32)cc1. The number of benzene rings is 3. The smallest absolute Gasteiger partial charge is 0.269 e. The number of nitrogens with zero attached hydrogens (tertiary/aromatic N) is 3. The van der Waals surface area contributed by atoms with Crippen LogP contribution in [0.4, 0.5) is 11.4 Å². The Bertz CT molecular complexity index is 1390. The van der Waals surface area contributed by atoms with E-state index in [9.17, 15) is 14.4 Å². The molecular weight excluding hydrogens is 404 g/mol. The number of nitrogens with one attached hydrogen (secondary N) is 1. The molecule has 0 aliphatic carbocycles. The van der Waals surface area contributed by atoms with Gasteiger partial charge in [0.15, 0.2) is 0 Å². The van der Waals surface area contributed by atoms with Crippen LogP contribution in [-0.2, 0) is 17.8 Å². The number of hydrogen-bond donors (Lipinski definition) is 1. The van der Waals surface area contributed by atoms with Crippen molar-refractivity contribution < 1.29 is 9.59 Å². The monoisotopic (exact) mass is 424 g/mol. The first-order valence-electron chi connectivity index (χ1n) is 10.3. The Morgan fingerprint density at radius 2 is 1.69 bits per heavy atom. The molecule has 1 N–H and O–H groups in total. The van der Waals surface area contributed by atoms with Crippen molar-refractivity contribution in [1.82, 2.24) is 9.55 Å². The molecule has 0 unspecified atom stereocenters. The minimum atomic E-state index is -0.342. The lowest BCUT2D eigenvalue weighted by atomic mass is 10.1. The average molecular weight is 424 g/mol. The lowest BCUT2D eigenvalue weighted by molar-refractivity contribution is -0.116. The molecule has 0 atom stereocenters. The molecule has 2 amide bonds. The van der Waals surface area contributed by atoms with Crippen molar-refractivity contribution >= 4 is 34.2 Å². The van der Waals surface area contributed by atoms with Gasteiger partial charge in [-0.1, -0.05) is 30.3 Å². The number of fused-ring (bicyclic) bond motifs is 2. The van der Waals surface area contributed by atoms with Crippen LogP contribution < -0.4 is 15.8 Å². The van der Waals surface area contributed by atoms with Crippen LogP contribution >= 0.6 is 0 Å². The summed E-state index contributed by atoms with van der Waals surface area (Å²) in [6.45, 7) is 0.526. The van der Waals surface area contributed by atoms with Crippen LogP contribution in [0, 0.1) is 0 Å². The molecule has 4 aromatic rings. The Morgan fingerprint density at radius 1 is 0.938 bits per heavy atom. The van der Waals surface area contributed by atoms with Gasteiger partial charge in [0.25, 0.3) is 11.5 Å². The molecule has 32 heavy (non-hydrogen) atoms.